The Labute approximate surface area is 142 Å². The van der Waals surface area contributed by atoms with Crippen LogP contribution in [0.2, 0.25) is 0 Å². The Hall–Kier alpha value is -3.62. The maximum Gasteiger partial charge on any atom is 0.373 e. The van der Waals surface area contributed by atoms with Gasteiger partial charge in [0, 0.05) is 17.7 Å². The summed E-state index contributed by atoms with van der Waals surface area (Å²) in [4.78, 5) is 27.2. The summed E-state index contributed by atoms with van der Waals surface area (Å²) in [5.74, 6) is -0.418. The number of hydrogen-bond donors (Lipinski definition) is 1. The molecule has 9 nitrogen and oxygen atoms in total. The molecule has 2 aromatic rings. The second kappa shape index (κ2) is 7.77. The van der Waals surface area contributed by atoms with Crippen LogP contribution in [0.5, 0.6) is 11.5 Å². The Morgan fingerprint density at radius 2 is 1.64 bits per heavy atom. The van der Waals surface area contributed by atoms with Crippen LogP contribution in [0, 0.1) is 10.1 Å². The monoisotopic (exact) mass is 345 g/mol. The highest BCUT2D eigenvalue weighted by atomic mass is 16.7. The van der Waals surface area contributed by atoms with Gasteiger partial charge >= 0.3 is 5.97 Å². The summed E-state index contributed by atoms with van der Waals surface area (Å²) in [5.41, 5.74) is 6.07. The number of nitrogens with two attached hydrogens (primary N) is 1. The van der Waals surface area contributed by atoms with E-state index in [-0.39, 0.29) is 28.6 Å². The highest BCUT2D eigenvalue weighted by molar-refractivity contribution is 5.99. The van der Waals surface area contributed by atoms with Gasteiger partial charge in [-0.2, -0.15) is 0 Å². The van der Waals surface area contributed by atoms with Gasteiger partial charge in [0.2, 0.25) is 0 Å². The topological polar surface area (TPSA) is 126 Å². The molecule has 2 aromatic carbocycles. The number of methoxy groups -OCH3 is 2. The molecule has 0 aliphatic carbocycles. The van der Waals surface area contributed by atoms with Crippen LogP contribution < -0.4 is 15.2 Å². The number of hydrogen-bond acceptors (Lipinski definition) is 7. The second-order valence-corrected chi connectivity index (χ2v) is 4.70. The predicted octanol–water partition coefficient (Wildman–Crippen LogP) is 2.09. The molecular formula is C16H15N3O6. The normalized spacial score (nSPS) is 10.9. The largest absolute Gasteiger partial charge is 0.496 e. The molecule has 9 heteroatoms. The fraction of sp³-hybridized carbons (Fsp3) is 0.125. The van der Waals surface area contributed by atoms with E-state index in [0.717, 1.165) is 0 Å². The molecule has 0 spiro atoms. The molecule has 0 bridgehead atoms. The van der Waals surface area contributed by atoms with Gasteiger partial charge in [0.1, 0.15) is 17.1 Å². The van der Waals surface area contributed by atoms with Crippen LogP contribution in [-0.4, -0.2) is 30.9 Å². The van der Waals surface area contributed by atoms with Crippen molar-refractivity contribution in [2.24, 2.45) is 10.9 Å². The first-order valence-electron chi connectivity index (χ1n) is 6.98. The van der Waals surface area contributed by atoms with Gasteiger partial charge in [0.05, 0.1) is 19.1 Å². The summed E-state index contributed by atoms with van der Waals surface area (Å²) >= 11 is 0. The zero-order valence-corrected chi connectivity index (χ0v) is 13.5. The molecule has 0 fully saturated rings. The number of amidine groups is 1. The zero-order valence-electron chi connectivity index (χ0n) is 13.5. The van der Waals surface area contributed by atoms with Crippen molar-refractivity contribution >= 4 is 17.5 Å². The van der Waals surface area contributed by atoms with Crippen molar-refractivity contribution in [3.63, 3.8) is 0 Å². The highest BCUT2D eigenvalue weighted by Gasteiger charge is 2.20. The van der Waals surface area contributed by atoms with E-state index in [1.54, 1.807) is 18.2 Å². The molecule has 0 atom stereocenters. The van der Waals surface area contributed by atoms with E-state index in [1.807, 2.05) is 0 Å². The number of nitro groups is 1. The van der Waals surface area contributed by atoms with Crippen molar-refractivity contribution in [2.75, 3.05) is 14.2 Å². The molecule has 0 aromatic heterocycles. The van der Waals surface area contributed by atoms with Gasteiger partial charge in [-0.1, -0.05) is 11.2 Å². The molecule has 0 radical (unpaired) electrons. The standard InChI is InChI=1S/C16H15N3O6/c1-23-12-4-3-5-13(24-2)14(12)16(20)25-18-15(17)10-6-8-11(9-7-10)19(21)22/h3-9H,1-2H3,(H2,17,18). The summed E-state index contributed by atoms with van der Waals surface area (Å²) in [6.45, 7) is 0. The van der Waals surface area contributed by atoms with E-state index >= 15 is 0 Å². The zero-order chi connectivity index (χ0) is 18.4. The van der Waals surface area contributed by atoms with Gasteiger partial charge in [-0.3, -0.25) is 10.1 Å². The van der Waals surface area contributed by atoms with Crippen molar-refractivity contribution in [1.29, 1.82) is 0 Å². The van der Waals surface area contributed by atoms with Crippen molar-refractivity contribution in [3.8, 4) is 11.5 Å². The summed E-state index contributed by atoms with van der Waals surface area (Å²) in [6, 6.07) is 10.1. The summed E-state index contributed by atoms with van der Waals surface area (Å²) in [7, 11) is 2.81. The number of carbonyl (C=O) groups excluding carboxylic acids is 1. The molecule has 0 unspecified atom stereocenters. The van der Waals surface area contributed by atoms with Crippen LogP contribution in [0.15, 0.2) is 47.6 Å². The second-order valence-electron chi connectivity index (χ2n) is 4.70. The van der Waals surface area contributed by atoms with Gasteiger partial charge in [-0.15, -0.1) is 0 Å². The van der Waals surface area contributed by atoms with Crippen LogP contribution >= 0.6 is 0 Å². The summed E-state index contributed by atoms with van der Waals surface area (Å²) < 4.78 is 10.2. The molecule has 0 aliphatic heterocycles. The van der Waals surface area contributed by atoms with Gasteiger partial charge < -0.3 is 20.0 Å². The maximum absolute atomic E-state index is 12.2. The van der Waals surface area contributed by atoms with Crippen molar-refractivity contribution in [1.82, 2.24) is 0 Å². The molecule has 2 N–H and O–H groups in total. The number of rotatable bonds is 6. The molecule has 2 rings (SSSR count). The van der Waals surface area contributed by atoms with Gasteiger partial charge in [0.15, 0.2) is 5.84 Å². The van der Waals surface area contributed by atoms with Gasteiger partial charge in [-0.25, -0.2) is 4.79 Å². The first-order chi connectivity index (χ1) is 12.0. The first-order valence-corrected chi connectivity index (χ1v) is 6.98. The number of nitro benzene ring substituents is 1. The van der Waals surface area contributed by atoms with E-state index in [0.29, 0.717) is 5.56 Å². The molecule has 130 valence electrons. The van der Waals surface area contributed by atoms with E-state index in [1.165, 1.54) is 38.5 Å². The number of ether oxygens (including phenoxy) is 2. The summed E-state index contributed by atoms with van der Waals surface area (Å²) in [5, 5.41) is 14.2. The Morgan fingerprint density at radius 1 is 1.08 bits per heavy atom. The van der Waals surface area contributed by atoms with Crippen molar-refractivity contribution in [2.45, 2.75) is 0 Å². The van der Waals surface area contributed by atoms with Gasteiger partial charge in [-0.05, 0) is 24.3 Å². The van der Waals surface area contributed by atoms with Crippen LogP contribution in [0.3, 0.4) is 0 Å². The van der Waals surface area contributed by atoms with Crippen LogP contribution in [0.1, 0.15) is 15.9 Å². The number of non-ortho nitro benzene ring substituents is 1. The highest BCUT2D eigenvalue weighted by Crippen LogP contribution is 2.28. The Morgan fingerprint density at radius 3 is 2.12 bits per heavy atom. The molecule has 0 amide bonds. The minimum atomic E-state index is -0.820. The minimum absolute atomic E-state index is 0.0627. The van der Waals surface area contributed by atoms with E-state index < -0.39 is 10.9 Å². The average molecular weight is 345 g/mol. The fourth-order valence-electron chi connectivity index (χ4n) is 2.00. The van der Waals surface area contributed by atoms with Crippen molar-refractivity contribution < 1.29 is 24.0 Å². The lowest BCUT2D eigenvalue weighted by atomic mass is 10.2. The van der Waals surface area contributed by atoms with Crippen LogP contribution in [0.4, 0.5) is 5.69 Å². The number of nitrogens with zero attached hydrogens (tertiary/aromatic N) is 2. The van der Waals surface area contributed by atoms with Crippen LogP contribution in [0.25, 0.3) is 0 Å². The third-order valence-corrected chi connectivity index (χ3v) is 3.23. The third kappa shape index (κ3) is 4.02. The molecule has 0 aliphatic rings. The minimum Gasteiger partial charge on any atom is -0.496 e. The average Bonchev–Trinajstić information content (AvgIpc) is 2.64. The molecular weight excluding hydrogens is 330 g/mol. The molecule has 0 saturated carbocycles. The SMILES string of the molecule is COc1cccc(OC)c1C(=O)O/N=C(\N)c1ccc([N+](=O)[O-])cc1. The van der Waals surface area contributed by atoms with Gasteiger partial charge in [0.25, 0.3) is 5.69 Å². The summed E-state index contributed by atoms with van der Waals surface area (Å²) in [6.07, 6.45) is 0. The number of carbonyl (C=O) groups is 1. The molecule has 0 saturated heterocycles. The van der Waals surface area contributed by atoms with Crippen molar-refractivity contribution in [3.05, 3.63) is 63.7 Å². The smallest absolute Gasteiger partial charge is 0.373 e. The molecule has 25 heavy (non-hydrogen) atoms. The lowest BCUT2D eigenvalue weighted by molar-refractivity contribution is -0.384. The molecule has 0 heterocycles. The lowest BCUT2D eigenvalue weighted by Gasteiger charge is -2.10. The predicted molar refractivity (Wildman–Crippen MR) is 88.8 cm³/mol. The Kier molecular flexibility index (Phi) is 5.51. The van der Waals surface area contributed by atoms with E-state index in [4.69, 9.17) is 20.0 Å². The fourth-order valence-corrected chi connectivity index (χ4v) is 2.00. The number of oxime groups is 1. The maximum atomic E-state index is 12.2. The number of benzene rings is 2. The van der Waals surface area contributed by atoms with E-state index in [9.17, 15) is 14.9 Å². The first kappa shape index (κ1) is 17.7. The quantitative estimate of drug-likeness (QED) is 0.279. The third-order valence-electron chi connectivity index (χ3n) is 3.23. The Bertz CT molecular complexity index is 795. The Balaban J connectivity index is 2.21. The lowest BCUT2D eigenvalue weighted by Crippen LogP contribution is -2.15. The van der Waals surface area contributed by atoms with E-state index in [2.05, 4.69) is 5.16 Å². The van der Waals surface area contributed by atoms with Crippen LogP contribution in [-0.2, 0) is 4.84 Å².